The molecule has 1 amide bonds. The number of hydrogen-bond donors (Lipinski definition) is 1. The monoisotopic (exact) mass is 335 g/mol. The fourth-order valence-electron chi connectivity index (χ4n) is 1.85. The molecule has 1 N–H and O–H groups in total. The lowest BCUT2D eigenvalue weighted by atomic mass is 10.2. The number of nitrogens with one attached hydrogen (secondary N) is 1. The quantitative estimate of drug-likeness (QED) is 0.896. The number of benzene rings is 1. The molecule has 0 radical (unpaired) electrons. The van der Waals surface area contributed by atoms with Crippen molar-refractivity contribution in [3.63, 3.8) is 0 Å². The minimum Gasteiger partial charge on any atom is -0.495 e. The SMILES string of the molecule is COc1ccc(S(=O)(=O)N(C)C)cc1NC(=O)c1ccncc1. The Labute approximate surface area is 135 Å². The summed E-state index contributed by atoms with van der Waals surface area (Å²) in [4.78, 5) is 16.1. The molecule has 1 heterocycles. The molecule has 23 heavy (non-hydrogen) atoms. The molecule has 0 atom stereocenters. The van der Waals surface area contributed by atoms with Crippen LogP contribution in [0.15, 0.2) is 47.6 Å². The van der Waals surface area contributed by atoms with Gasteiger partial charge in [-0.05, 0) is 30.3 Å². The van der Waals surface area contributed by atoms with Crippen LogP contribution in [0.4, 0.5) is 5.69 Å². The number of sulfonamides is 1. The van der Waals surface area contributed by atoms with E-state index in [0.717, 1.165) is 4.31 Å². The summed E-state index contributed by atoms with van der Waals surface area (Å²) >= 11 is 0. The molecule has 0 aliphatic carbocycles. The van der Waals surface area contributed by atoms with Crippen LogP contribution in [0.5, 0.6) is 5.75 Å². The molecule has 0 aliphatic heterocycles. The maximum Gasteiger partial charge on any atom is 0.255 e. The molecule has 2 rings (SSSR count). The Bertz CT molecular complexity index is 805. The molecule has 0 saturated carbocycles. The zero-order valence-corrected chi connectivity index (χ0v) is 13.8. The predicted molar refractivity (Wildman–Crippen MR) is 86.1 cm³/mol. The number of carbonyl (C=O) groups excluding carboxylic acids is 1. The van der Waals surface area contributed by atoms with E-state index in [2.05, 4.69) is 10.3 Å². The van der Waals surface area contributed by atoms with Crippen molar-refractivity contribution in [2.45, 2.75) is 4.90 Å². The molecule has 0 saturated heterocycles. The second-order valence-electron chi connectivity index (χ2n) is 4.84. The summed E-state index contributed by atoms with van der Waals surface area (Å²) in [5.41, 5.74) is 0.681. The van der Waals surface area contributed by atoms with Crippen molar-refractivity contribution in [1.29, 1.82) is 0 Å². The Balaban J connectivity index is 2.39. The van der Waals surface area contributed by atoms with Crippen molar-refractivity contribution in [3.8, 4) is 5.75 Å². The van der Waals surface area contributed by atoms with Gasteiger partial charge in [0, 0.05) is 32.1 Å². The predicted octanol–water partition coefficient (Wildman–Crippen LogP) is 1.59. The van der Waals surface area contributed by atoms with E-state index in [1.54, 1.807) is 12.1 Å². The summed E-state index contributed by atoms with van der Waals surface area (Å²) in [7, 11) is 0.712. The molecule has 0 aliphatic rings. The zero-order valence-electron chi connectivity index (χ0n) is 13.0. The Hall–Kier alpha value is -2.45. The van der Waals surface area contributed by atoms with Crippen LogP contribution in [0.3, 0.4) is 0 Å². The van der Waals surface area contributed by atoms with Crippen molar-refractivity contribution in [3.05, 3.63) is 48.3 Å². The molecule has 1 aromatic heterocycles. The second-order valence-corrected chi connectivity index (χ2v) is 6.99. The Kier molecular flexibility index (Phi) is 4.97. The third-order valence-electron chi connectivity index (χ3n) is 3.14. The van der Waals surface area contributed by atoms with Crippen LogP contribution in [0.2, 0.25) is 0 Å². The van der Waals surface area contributed by atoms with Crippen LogP contribution < -0.4 is 10.1 Å². The highest BCUT2D eigenvalue weighted by Gasteiger charge is 2.20. The smallest absolute Gasteiger partial charge is 0.255 e. The molecule has 0 spiro atoms. The van der Waals surface area contributed by atoms with E-state index in [1.165, 1.54) is 51.8 Å². The van der Waals surface area contributed by atoms with Gasteiger partial charge in [-0.25, -0.2) is 12.7 Å². The molecule has 7 nitrogen and oxygen atoms in total. The van der Waals surface area contributed by atoms with Gasteiger partial charge in [0.2, 0.25) is 10.0 Å². The standard InChI is InChI=1S/C15H17N3O4S/c1-18(2)23(20,21)12-4-5-14(22-3)13(10-12)17-15(19)11-6-8-16-9-7-11/h4-10H,1-3H3,(H,17,19). The fraction of sp³-hybridized carbons (Fsp3) is 0.200. The van der Waals surface area contributed by atoms with Crippen LogP contribution >= 0.6 is 0 Å². The number of methoxy groups -OCH3 is 1. The number of nitrogens with zero attached hydrogens (tertiary/aromatic N) is 2. The fourth-order valence-corrected chi connectivity index (χ4v) is 2.78. The van der Waals surface area contributed by atoms with Gasteiger partial charge in [0.05, 0.1) is 17.7 Å². The van der Waals surface area contributed by atoms with Gasteiger partial charge in [0.1, 0.15) is 5.75 Å². The average molecular weight is 335 g/mol. The molecule has 0 unspecified atom stereocenters. The molecule has 0 fully saturated rings. The van der Waals surface area contributed by atoms with E-state index in [4.69, 9.17) is 4.74 Å². The lowest BCUT2D eigenvalue weighted by Gasteiger charge is -2.15. The van der Waals surface area contributed by atoms with Gasteiger partial charge in [0.15, 0.2) is 0 Å². The highest BCUT2D eigenvalue weighted by Crippen LogP contribution is 2.28. The van der Waals surface area contributed by atoms with Crippen molar-refractivity contribution in [2.75, 3.05) is 26.5 Å². The third-order valence-corrected chi connectivity index (χ3v) is 4.95. The van der Waals surface area contributed by atoms with Gasteiger partial charge in [-0.15, -0.1) is 0 Å². The summed E-state index contributed by atoms with van der Waals surface area (Å²) in [5.74, 6) is -0.0183. The summed E-state index contributed by atoms with van der Waals surface area (Å²) in [6.45, 7) is 0. The van der Waals surface area contributed by atoms with Crippen molar-refractivity contribution in [2.24, 2.45) is 0 Å². The first-order valence-electron chi connectivity index (χ1n) is 6.68. The number of amides is 1. The summed E-state index contributed by atoms with van der Waals surface area (Å²) < 4.78 is 30.7. The molecular formula is C15H17N3O4S. The van der Waals surface area contributed by atoms with E-state index in [0.29, 0.717) is 11.3 Å². The topological polar surface area (TPSA) is 88.6 Å². The lowest BCUT2D eigenvalue weighted by molar-refractivity contribution is 0.102. The highest BCUT2D eigenvalue weighted by molar-refractivity contribution is 7.89. The number of aromatic nitrogens is 1. The van der Waals surface area contributed by atoms with E-state index in [-0.39, 0.29) is 16.5 Å². The summed E-state index contributed by atoms with van der Waals surface area (Å²) in [6, 6.07) is 7.41. The number of anilines is 1. The molecule has 8 heteroatoms. The van der Waals surface area contributed by atoms with Gasteiger partial charge >= 0.3 is 0 Å². The van der Waals surface area contributed by atoms with Crippen LogP contribution in [-0.4, -0.2) is 44.8 Å². The van der Waals surface area contributed by atoms with Gasteiger partial charge in [0.25, 0.3) is 5.91 Å². The van der Waals surface area contributed by atoms with E-state index < -0.39 is 10.0 Å². The van der Waals surface area contributed by atoms with E-state index in [1.807, 2.05) is 0 Å². The minimum atomic E-state index is -3.61. The van der Waals surface area contributed by atoms with Gasteiger partial charge < -0.3 is 10.1 Å². The van der Waals surface area contributed by atoms with Crippen LogP contribution in [-0.2, 0) is 10.0 Å². The zero-order chi connectivity index (χ0) is 17.0. The number of ether oxygens (including phenoxy) is 1. The largest absolute Gasteiger partial charge is 0.495 e. The third kappa shape index (κ3) is 3.66. The van der Waals surface area contributed by atoms with Crippen LogP contribution in [0, 0.1) is 0 Å². The van der Waals surface area contributed by atoms with Gasteiger partial charge in [-0.1, -0.05) is 0 Å². The van der Waals surface area contributed by atoms with E-state index in [9.17, 15) is 13.2 Å². The first-order chi connectivity index (χ1) is 10.9. The van der Waals surface area contributed by atoms with Crippen LogP contribution in [0.25, 0.3) is 0 Å². The number of pyridine rings is 1. The van der Waals surface area contributed by atoms with E-state index >= 15 is 0 Å². The molecule has 122 valence electrons. The number of hydrogen-bond acceptors (Lipinski definition) is 5. The molecule has 2 aromatic rings. The molecular weight excluding hydrogens is 318 g/mol. The maximum absolute atomic E-state index is 12.2. The normalized spacial score (nSPS) is 11.3. The average Bonchev–Trinajstić information content (AvgIpc) is 2.55. The Morgan fingerprint density at radius 1 is 1.17 bits per heavy atom. The first kappa shape index (κ1) is 16.9. The maximum atomic E-state index is 12.2. The minimum absolute atomic E-state index is 0.0633. The molecule has 1 aromatic carbocycles. The van der Waals surface area contributed by atoms with Crippen LogP contribution in [0.1, 0.15) is 10.4 Å². The number of carbonyl (C=O) groups is 1. The summed E-state index contributed by atoms with van der Waals surface area (Å²) in [6.07, 6.45) is 3.00. The second kappa shape index (κ2) is 6.76. The van der Waals surface area contributed by atoms with Crippen molar-refractivity contribution < 1.29 is 17.9 Å². The number of rotatable bonds is 5. The first-order valence-corrected chi connectivity index (χ1v) is 8.12. The molecule has 0 bridgehead atoms. The van der Waals surface area contributed by atoms with Gasteiger partial charge in [-0.3, -0.25) is 9.78 Å². The Morgan fingerprint density at radius 2 is 1.83 bits per heavy atom. The summed E-state index contributed by atoms with van der Waals surface area (Å²) in [5, 5.41) is 2.65. The van der Waals surface area contributed by atoms with Crippen molar-refractivity contribution in [1.82, 2.24) is 9.29 Å². The lowest BCUT2D eigenvalue weighted by Crippen LogP contribution is -2.22. The van der Waals surface area contributed by atoms with Crippen molar-refractivity contribution >= 4 is 21.6 Å². The Morgan fingerprint density at radius 3 is 2.39 bits per heavy atom. The van der Waals surface area contributed by atoms with Gasteiger partial charge in [-0.2, -0.15) is 0 Å². The highest BCUT2D eigenvalue weighted by atomic mass is 32.2.